The maximum Gasteiger partial charge on any atom is 0.191 e. The molecule has 1 fully saturated rings. The molecule has 2 heterocycles. The highest BCUT2D eigenvalue weighted by Crippen LogP contribution is 2.34. The van der Waals surface area contributed by atoms with E-state index in [4.69, 9.17) is 9.26 Å². The van der Waals surface area contributed by atoms with E-state index >= 15 is 0 Å². The van der Waals surface area contributed by atoms with Crippen molar-refractivity contribution in [1.82, 2.24) is 15.8 Å². The van der Waals surface area contributed by atoms with Gasteiger partial charge in [0.15, 0.2) is 11.7 Å². The Morgan fingerprint density at radius 1 is 1.13 bits per heavy atom. The van der Waals surface area contributed by atoms with Gasteiger partial charge in [0, 0.05) is 44.2 Å². The van der Waals surface area contributed by atoms with E-state index in [1.807, 2.05) is 0 Å². The van der Waals surface area contributed by atoms with E-state index < -0.39 is 0 Å². The van der Waals surface area contributed by atoms with Crippen LogP contribution in [0.4, 0.5) is 0 Å². The molecule has 0 unspecified atom stereocenters. The Kier molecular flexibility index (Phi) is 10.1. The molecular formula is C23H35IN4O2. The molecular weight excluding hydrogens is 491 g/mol. The van der Waals surface area contributed by atoms with Crippen molar-refractivity contribution in [3.8, 4) is 0 Å². The molecule has 2 aromatic rings. The topological polar surface area (TPSA) is 71.7 Å². The minimum absolute atomic E-state index is 0. The van der Waals surface area contributed by atoms with Crippen LogP contribution in [0.25, 0.3) is 0 Å². The SMILES string of the molecule is CCC(CC)c1cc(CNC(=NC)NCC2(c3ccccc3)CCOCC2)on1.I. The van der Waals surface area contributed by atoms with Gasteiger partial charge >= 0.3 is 0 Å². The highest BCUT2D eigenvalue weighted by molar-refractivity contribution is 14.0. The van der Waals surface area contributed by atoms with Crippen LogP contribution in [0.3, 0.4) is 0 Å². The second-order valence-corrected chi connectivity index (χ2v) is 7.77. The van der Waals surface area contributed by atoms with Gasteiger partial charge in [0.2, 0.25) is 0 Å². The first kappa shape index (κ1) is 24.7. The standard InChI is InChI=1S/C23H34N4O2.HI/c1-4-18(5-2)21-15-20(29-27-21)16-25-22(24-3)26-17-23(11-13-28-14-12-23)19-9-7-6-8-10-19;/h6-10,15,18H,4-5,11-14,16-17H2,1-3H3,(H2,24,25,26);1H. The smallest absolute Gasteiger partial charge is 0.191 e. The number of nitrogens with one attached hydrogen (secondary N) is 2. The third-order valence-corrected chi connectivity index (χ3v) is 6.07. The van der Waals surface area contributed by atoms with Gasteiger partial charge in [-0.2, -0.15) is 0 Å². The minimum Gasteiger partial charge on any atom is -0.381 e. The fourth-order valence-electron chi connectivity index (χ4n) is 4.08. The molecule has 0 bridgehead atoms. The Hall–Kier alpha value is -1.61. The second kappa shape index (κ2) is 12.3. The summed E-state index contributed by atoms with van der Waals surface area (Å²) in [6.45, 7) is 7.33. The summed E-state index contributed by atoms with van der Waals surface area (Å²) in [6, 6.07) is 12.8. The predicted octanol–water partition coefficient (Wildman–Crippen LogP) is 4.61. The number of rotatable bonds is 8. The lowest BCUT2D eigenvalue weighted by molar-refractivity contribution is 0.0514. The highest BCUT2D eigenvalue weighted by atomic mass is 127. The van der Waals surface area contributed by atoms with Gasteiger partial charge in [0.25, 0.3) is 0 Å². The molecule has 166 valence electrons. The molecule has 0 atom stereocenters. The summed E-state index contributed by atoms with van der Waals surface area (Å²) >= 11 is 0. The Labute approximate surface area is 197 Å². The summed E-state index contributed by atoms with van der Waals surface area (Å²) < 4.78 is 11.1. The molecule has 6 nitrogen and oxygen atoms in total. The first-order chi connectivity index (χ1) is 14.2. The van der Waals surface area contributed by atoms with Crippen molar-refractivity contribution in [2.24, 2.45) is 4.99 Å². The molecule has 2 N–H and O–H groups in total. The summed E-state index contributed by atoms with van der Waals surface area (Å²) in [4.78, 5) is 4.39. The van der Waals surface area contributed by atoms with Crippen molar-refractivity contribution >= 4 is 29.9 Å². The summed E-state index contributed by atoms with van der Waals surface area (Å²) in [5.41, 5.74) is 2.46. The van der Waals surface area contributed by atoms with E-state index in [0.29, 0.717) is 12.5 Å². The normalized spacial score (nSPS) is 16.2. The molecule has 1 aromatic heterocycles. The number of aliphatic imine (C=N–C) groups is 1. The molecule has 3 rings (SSSR count). The van der Waals surface area contributed by atoms with E-state index in [1.165, 1.54) is 5.56 Å². The van der Waals surface area contributed by atoms with Crippen molar-refractivity contribution in [1.29, 1.82) is 0 Å². The van der Waals surface area contributed by atoms with Crippen LogP contribution in [0.5, 0.6) is 0 Å². The third kappa shape index (κ3) is 6.20. The number of benzene rings is 1. The number of nitrogens with zero attached hydrogens (tertiary/aromatic N) is 2. The first-order valence-corrected chi connectivity index (χ1v) is 10.7. The second-order valence-electron chi connectivity index (χ2n) is 7.77. The van der Waals surface area contributed by atoms with Crippen molar-refractivity contribution in [3.63, 3.8) is 0 Å². The average Bonchev–Trinajstić information content (AvgIpc) is 3.25. The third-order valence-electron chi connectivity index (χ3n) is 6.07. The number of ether oxygens (including phenoxy) is 1. The molecule has 0 saturated carbocycles. The van der Waals surface area contributed by atoms with Gasteiger partial charge in [0.1, 0.15) is 0 Å². The summed E-state index contributed by atoms with van der Waals surface area (Å²) in [6.07, 6.45) is 4.15. The molecule has 0 amide bonds. The Morgan fingerprint density at radius 3 is 2.47 bits per heavy atom. The Bertz CT molecular complexity index is 769. The van der Waals surface area contributed by atoms with E-state index in [2.05, 4.69) is 71.0 Å². The molecule has 7 heteroatoms. The number of hydrogen-bond donors (Lipinski definition) is 2. The van der Waals surface area contributed by atoms with Crippen LogP contribution >= 0.6 is 24.0 Å². The van der Waals surface area contributed by atoms with E-state index in [9.17, 15) is 0 Å². The van der Waals surface area contributed by atoms with Crippen molar-refractivity contribution in [2.45, 2.75) is 57.4 Å². The van der Waals surface area contributed by atoms with Crippen LogP contribution in [0.15, 0.2) is 45.9 Å². The maximum atomic E-state index is 5.63. The van der Waals surface area contributed by atoms with Gasteiger partial charge in [-0.25, -0.2) is 0 Å². The van der Waals surface area contributed by atoms with Crippen LogP contribution in [-0.4, -0.2) is 37.9 Å². The monoisotopic (exact) mass is 526 g/mol. The molecule has 0 radical (unpaired) electrons. The van der Waals surface area contributed by atoms with E-state index in [0.717, 1.165) is 62.9 Å². The predicted molar refractivity (Wildman–Crippen MR) is 132 cm³/mol. The minimum atomic E-state index is 0. The number of halogens is 1. The molecule has 0 aliphatic carbocycles. The maximum absolute atomic E-state index is 5.63. The molecule has 1 aromatic carbocycles. The fraction of sp³-hybridized carbons (Fsp3) is 0.565. The van der Waals surface area contributed by atoms with Gasteiger partial charge < -0.3 is 19.9 Å². The van der Waals surface area contributed by atoms with Crippen LogP contribution in [-0.2, 0) is 16.7 Å². The lowest BCUT2D eigenvalue weighted by atomic mass is 9.74. The van der Waals surface area contributed by atoms with Gasteiger partial charge in [0.05, 0.1) is 12.2 Å². The molecule has 30 heavy (non-hydrogen) atoms. The van der Waals surface area contributed by atoms with Gasteiger partial charge in [-0.05, 0) is 31.2 Å². The van der Waals surface area contributed by atoms with Gasteiger partial charge in [-0.3, -0.25) is 4.99 Å². The number of guanidine groups is 1. The number of aromatic nitrogens is 1. The summed E-state index contributed by atoms with van der Waals surface area (Å²) in [7, 11) is 1.80. The molecule has 1 saturated heterocycles. The van der Waals surface area contributed by atoms with Crippen LogP contribution in [0, 0.1) is 0 Å². The zero-order chi connectivity index (χ0) is 20.5. The van der Waals surface area contributed by atoms with Crippen molar-refractivity contribution in [2.75, 3.05) is 26.8 Å². The molecule has 1 aliphatic heterocycles. The van der Waals surface area contributed by atoms with Crippen molar-refractivity contribution < 1.29 is 9.26 Å². The van der Waals surface area contributed by atoms with Gasteiger partial charge in [-0.15, -0.1) is 24.0 Å². The van der Waals surface area contributed by atoms with Crippen molar-refractivity contribution in [3.05, 3.63) is 53.4 Å². The van der Waals surface area contributed by atoms with Gasteiger partial charge in [-0.1, -0.05) is 49.3 Å². The first-order valence-electron chi connectivity index (χ1n) is 10.7. The van der Waals surface area contributed by atoms with Crippen LogP contribution in [0.2, 0.25) is 0 Å². The largest absolute Gasteiger partial charge is 0.381 e. The Balaban J connectivity index is 0.00000320. The molecule has 1 aliphatic rings. The fourth-order valence-corrected chi connectivity index (χ4v) is 4.08. The molecule has 0 spiro atoms. The van der Waals surface area contributed by atoms with Crippen LogP contribution in [0.1, 0.15) is 62.5 Å². The number of hydrogen-bond acceptors (Lipinski definition) is 4. The average molecular weight is 526 g/mol. The lowest BCUT2D eigenvalue weighted by Crippen LogP contribution is -2.47. The Morgan fingerprint density at radius 2 is 1.83 bits per heavy atom. The lowest BCUT2D eigenvalue weighted by Gasteiger charge is -2.38. The summed E-state index contributed by atoms with van der Waals surface area (Å²) in [5, 5.41) is 11.1. The summed E-state index contributed by atoms with van der Waals surface area (Å²) in [5.74, 6) is 2.06. The van der Waals surface area contributed by atoms with E-state index in [1.54, 1.807) is 7.05 Å². The van der Waals surface area contributed by atoms with E-state index in [-0.39, 0.29) is 29.4 Å². The highest BCUT2D eigenvalue weighted by Gasteiger charge is 2.34. The quantitative estimate of drug-likeness (QED) is 0.299. The zero-order valence-corrected chi connectivity index (χ0v) is 20.6. The zero-order valence-electron chi connectivity index (χ0n) is 18.3. The van der Waals surface area contributed by atoms with Crippen LogP contribution < -0.4 is 10.6 Å².